The smallest absolute Gasteiger partial charge is 0.244 e. The highest BCUT2D eigenvalue weighted by molar-refractivity contribution is 7.98. The van der Waals surface area contributed by atoms with Gasteiger partial charge in [-0.3, -0.25) is 0 Å². The lowest BCUT2D eigenvalue weighted by Crippen LogP contribution is -2.27. The number of hydrogen-bond donors (Lipinski definition) is 0. The van der Waals surface area contributed by atoms with Crippen LogP contribution in [0.5, 0.6) is 0 Å². The highest BCUT2D eigenvalue weighted by Gasteiger charge is 2.27. The first-order valence-electron chi connectivity index (χ1n) is 8.82. The van der Waals surface area contributed by atoms with Crippen molar-refractivity contribution < 1.29 is 12.8 Å². The first-order chi connectivity index (χ1) is 13.5. The largest absolute Gasteiger partial charge is 0.440 e. The molecule has 4 rings (SSSR count). The summed E-state index contributed by atoms with van der Waals surface area (Å²) in [7, 11) is -3.43. The molecular formula is C19H18ClN3O3S2. The van der Waals surface area contributed by atoms with Crippen molar-refractivity contribution in [2.75, 3.05) is 13.1 Å². The van der Waals surface area contributed by atoms with Crippen LogP contribution >= 0.6 is 23.4 Å². The Morgan fingerprint density at radius 1 is 1.04 bits per heavy atom. The summed E-state index contributed by atoms with van der Waals surface area (Å²) in [5, 5.41) is 1.38. The summed E-state index contributed by atoms with van der Waals surface area (Å²) < 4.78 is 32.3. The Morgan fingerprint density at radius 2 is 1.79 bits per heavy atom. The Morgan fingerprint density at radius 3 is 2.46 bits per heavy atom. The van der Waals surface area contributed by atoms with E-state index in [0.717, 1.165) is 18.4 Å². The number of aromatic nitrogens is 2. The molecule has 146 valence electrons. The molecule has 0 aliphatic carbocycles. The molecule has 28 heavy (non-hydrogen) atoms. The molecule has 0 radical (unpaired) electrons. The van der Waals surface area contributed by atoms with Crippen molar-refractivity contribution in [2.24, 2.45) is 0 Å². The second kappa shape index (κ2) is 8.24. The van der Waals surface area contributed by atoms with E-state index < -0.39 is 10.0 Å². The number of rotatable bonds is 6. The zero-order valence-corrected chi connectivity index (χ0v) is 17.3. The number of oxazole rings is 1. The lowest BCUT2D eigenvalue weighted by molar-refractivity contribution is 0.477. The van der Waals surface area contributed by atoms with Crippen LogP contribution in [-0.2, 0) is 15.8 Å². The van der Waals surface area contributed by atoms with Crippen LogP contribution in [0.25, 0.3) is 11.3 Å². The average molecular weight is 436 g/mol. The Kier molecular flexibility index (Phi) is 5.73. The number of thioether (sulfide) groups is 1. The fourth-order valence-electron chi connectivity index (χ4n) is 2.94. The van der Waals surface area contributed by atoms with E-state index in [-0.39, 0.29) is 4.90 Å². The molecular weight excluding hydrogens is 418 g/mol. The molecule has 0 atom stereocenters. The molecule has 9 heteroatoms. The summed E-state index contributed by atoms with van der Waals surface area (Å²) in [5.41, 5.74) is 0.905. The number of halogens is 1. The quantitative estimate of drug-likeness (QED) is 0.532. The van der Waals surface area contributed by atoms with E-state index in [4.69, 9.17) is 16.0 Å². The predicted octanol–water partition coefficient (Wildman–Crippen LogP) is 4.47. The highest BCUT2D eigenvalue weighted by Crippen LogP contribution is 2.27. The van der Waals surface area contributed by atoms with Crippen molar-refractivity contribution in [3.05, 3.63) is 59.7 Å². The average Bonchev–Trinajstić information content (AvgIpc) is 3.40. The molecule has 0 unspecified atom stereocenters. The van der Waals surface area contributed by atoms with Crippen LogP contribution in [0.15, 0.2) is 63.1 Å². The van der Waals surface area contributed by atoms with Gasteiger partial charge in [-0.2, -0.15) is 4.31 Å². The van der Waals surface area contributed by atoms with Gasteiger partial charge in [-0.1, -0.05) is 23.4 Å². The van der Waals surface area contributed by atoms with E-state index in [9.17, 15) is 8.42 Å². The zero-order valence-electron chi connectivity index (χ0n) is 14.9. The second-order valence-corrected chi connectivity index (χ2v) is 9.73. The minimum absolute atomic E-state index is 0.236. The molecule has 1 aliphatic rings. The third kappa shape index (κ3) is 4.25. The van der Waals surface area contributed by atoms with Gasteiger partial charge in [0.05, 0.1) is 17.0 Å². The third-order valence-electron chi connectivity index (χ3n) is 4.44. The maximum atomic E-state index is 12.5. The summed E-state index contributed by atoms with van der Waals surface area (Å²) >= 11 is 7.34. The van der Waals surface area contributed by atoms with E-state index in [1.807, 2.05) is 12.1 Å². The van der Waals surface area contributed by atoms with E-state index in [0.29, 0.717) is 40.5 Å². The van der Waals surface area contributed by atoms with Gasteiger partial charge < -0.3 is 4.42 Å². The predicted molar refractivity (Wildman–Crippen MR) is 109 cm³/mol. The van der Waals surface area contributed by atoms with Gasteiger partial charge in [-0.25, -0.2) is 18.4 Å². The SMILES string of the molecule is O=S(=O)(c1ccc(SCc2ncc(-c3ccc(Cl)cc3)o2)nc1)N1CCCC1. The Labute approximate surface area is 173 Å². The van der Waals surface area contributed by atoms with Gasteiger partial charge >= 0.3 is 0 Å². The molecule has 2 aromatic heterocycles. The van der Waals surface area contributed by atoms with Crippen LogP contribution in [0.1, 0.15) is 18.7 Å². The van der Waals surface area contributed by atoms with Gasteiger partial charge in [-0.15, -0.1) is 0 Å². The van der Waals surface area contributed by atoms with Crippen LogP contribution in [0.2, 0.25) is 5.02 Å². The molecule has 1 fully saturated rings. The van der Waals surface area contributed by atoms with Gasteiger partial charge in [0.25, 0.3) is 0 Å². The highest BCUT2D eigenvalue weighted by atomic mass is 35.5. The standard InChI is InChI=1S/C19H18ClN3O3S2/c20-15-5-3-14(4-6-15)17-12-21-18(26-17)13-27-19-8-7-16(11-22-19)28(24,25)23-9-1-2-10-23/h3-8,11-12H,1-2,9-10,13H2. The van der Waals surface area contributed by atoms with E-state index >= 15 is 0 Å². The molecule has 0 spiro atoms. The number of hydrogen-bond acceptors (Lipinski definition) is 6. The van der Waals surface area contributed by atoms with Crippen LogP contribution in [0.3, 0.4) is 0 Å². The van der Waals surface area contributed by atoms with Gasteiger partial charge in [-0.05, 0) is 49.2 Å². The Hall–Kier alpha value is -1.87. The minimum Gasteiger partial charge on any atom is -0.440 e. The number of sulfonamides is 1. The molecule has 3 aromatic rings. The molecule has 0 bridgehead atoms. The van der Waals surface area contributed by atoms with Crippen molar-refractivity contribution >= 4 is 33.4 Å². The van der Waals surface area contributed by atoms with Gasteiger partial charge in [0.15, 0.2) is 5.76 Å². The first kappa shape index (κ1) is 19.4. The van der Waals surface area contributed by atoms with Crippen LogP contribution in [-0.4, -0.2) is 35.8 Å². The molecule has 0 amide bonds. The van der Waals surface area contributed by atoms with Crippen LogP contribution < -0.4 is 0 Å². The number of pyridine rings is 1. The molecule has 0 N–H and O–H groups in total. The summed E-state index contributed by atoms with van der Waals surface area (Å²) in [6.45, 7) is 1.16. The maximum absolute atomic E-state index is 12.5. The molecule has 0 saturated carbocycles. The van der Waals surface area contributed by atoms with E-state index in [2.05, 4.69) is 9.97 Å². The van der Waals surface area contributed by atoms with Crippen LogP contribution in [0, 0.1) is 0 Å². The van der Waals surface area contributed by atoms with Crippen LogP contribution in [0.4, 0.5) is 0 Å². The topological polar surface area (TPSA) is 76.3 Å². The van der Waals surface area contributed by atoms with Crippen molar-refractivity contribution in [3.8, 4) is 11.3 Å². The molecule has 6 nitrogen and oxygen atoms in total. The number of benzene rings is 1. The van der Waals surface area contributed by atoms with E-state index in [1.165, 1.54) is 22.3 Å². The van der Waals surface area contributed by atoms with Crippen molar-refractivity contribution in [1.29, 1.82) is 0 Å². The monoisotopic (exact) mass is 435 g/mol. The zero-order chi connectivity index (χ0) is 19.6. The summed E-state index contributed by atoms with van der Waals surface area (Å²) in [4.78, 5) is 8.80. The van der Waals surface area contributed by atoms with Gasteiger partial charge in [0.2, 0.25) is 15.9 Å². The molecule has 1 saturated heterocycles. The van der Waals surface area contributed by atoms with Crippen molar-refractivity contribution in [2.45, 2.75) is 28.5 Å². The Balaban J connectivity index is 1.40. The lowest BCUT2D eigenvalue weighted by atomic mass is 10.2. The van der Waals surface area contributed by atoms with Gasteiger partial charge in [0.1, 0.15) is 4.90 Å². The lowest BCUT2D eigenvalue weighted by Gasteiger charge is -2.15. The Bertz CT molecular complexity index is 1040. The molecule has 1 aromatic carbocycles. The van der Waals surface area contributed by atoms with Crippen molar-refractivity contribution in [1.82, 2.24) is 14.3 Å². The minimum atomic E-state index is -3.43. The summed E-state index contributed by atoms with van der Waals surface area (Å²) in [5.74, 6) is 1.75. The first-order valence-corrected chi connectivity index (χ1v) is 11.6. The number of nitrogens with zero attached hydrogens (tertiary/aromatic N) is 3. The third-order valence-corrected chi connectivity index (χ3v) is 7.50. The van der Waals surface area contributed by atoms with E-state index in [1.54, 1.807) is 30.5 Å². The molecule has 1 aliphatic heterocycles. The second-order valence-electron chi connectivity index (χ2n) is 6.36. The summed E-state index contributed by atoms with van der Waals surface area (Å²) in [6, 6.07) is 10.7. The summed E-state index contributed by atoms with van der Waals surface area (Å²) in [6.07, 6.45) is 4.92. The molecule has 3 heterocycles. The van der Waals surface area contributed by atoms with Crippen molar-refractivity contribution in [3.63, 3.8) is 0 Å². The maximum Gasteiger partial charge on any atom is 0.244 e. The fourth-order valence-corrected chi connectivity index (χ4v) is 5.23. The fraction of sp³-hybridized carbons (Fsp3) is 0.263. The van der Waals surface area contributed by atoms with Gasteiger partial charge in [0, 0.05) is 29.9 Å². The normalized spacial score (nSPS) is 15.2.